The molecule has 3 N–H and O–H groups in total. The summed E-state index contributed by atoms with van der Waals surface area (Å²) >= 11 is 1.30. The van der Waals surface area contributed by atoms with Gasteiger partial charge in [0.05, 0.1) is 29.2 Å². The van der Waals surface area contributed by atoms with Crippen LogP contribution in [0.4, 0.5) is 0 Å². The molecule has 0 atom stereocenters. The van der Waals surface area contributed by atoms with Crippen LogP contribution in [0.25, 0.3) is 17.1 Å². The van der Waals surface area contributed by atoms with E-state index in [-0.39, 0.29) is 17.4 Å². The number of aromatic amines is 1. The van der Waals surface area contributed by atoms with Crippen molar-refractivity contribution < 1.29 is 19.2 Å². The van der Waals surface area contributed by atoms with Crippen LogP contribution in [0.3, 0.4) is 0 Å². The summed E-state index contributed by atoms with van der Waals surface area (Å²) in [6.45, 7) is 6.36. The molecule has 0 spiro atoms. The van der Waals surface area contributed by atoms with Crippen LogP contribution in [0.5, 0.6) is 11.5 Å². The standard InChI is InChI=1S/C27H27N5O3S/c1-4-35-23-7-5-6-21(25(23)34)16-28-29-24(33)17-36-27-31-30-26(20-12-8-18(2)9-13-20)32(27)22-14-10-19(3)11-15-22/h5-16H,4,17H2,1-3H3,(H2,28,29,33,34)/p+1. The number of H-pyrrole nitrogens is 1. The molecule has 0 fully saturated rings. The number of aryl methyl sites for hydroxylation is 2. The number of phenolic OH excluding ortho intramolecular Hbond substituents is 1. The Morgan fingerprint density at radius 2 is 1.81 bits per heavy atom. The molecule has 8 nitrogen and oxygen atoms in total. The normalized spacial score (nSPS) is 11.1. The fourth-order valence-corrected chi connectivity index (χ4v) is 4.24. The van der Waals surface area contributed by atoms with Crippen LogP contribution in [-0.2, 0) is 4.79 Å². The van der Waals surface area contributed by atoms with E-state index < -0.39 is 0 Å². The molecule has 4 aromatic rings. The van der Waals surface area contributed by atoms with Crippen molar-refractivity contribution in [1.29, 1.82) is 0 Å². The minimum Gasteiger partial charge on any atom is -0.504 e. The first-order valence-corrected chi connectivity index (χ1v) is 12.5. The van der Waals surface area contributed by atoms with Crippen LogP contribution >= 0.6 is 11.8 Å². The summed E-state index contributed by atoms with van der Waals surface area (Å²) in [6.07, 6.45) is 1.39. The average Bonchev–Trinajstić information content (AvgIpc) is 3.30. The molecule has 0 unspecified atom stereocenters. The molecule has 1 aromatic heterocycles. The first-order valence-electron chi connectivity index (χ1n) is 11.5. The average molecular weight is 503 g/mol. The maximum Gasteiger partial charge on any atom is 0.342 e. The lowest BCUT2D eigenvalue weighted by Crippen LogP contribution is -2.34. The molecular formula is C27H28N5O3S+. The molecule has 0 bridgehead atoms. The van der Waals surface area contributed by atoms with Crippen LogP contribution < -0.4 is 14.7 Å². The van der Waals surface area contributed by atoms with Crippen molar-refractivity contribution >= 4 is 23.9 Å². The van der Waals surface area contributed by atoms with E-state index in [1.54, 1.807) is 18.2 Å². The Kier molecular flexibility index (Phi) is 8.02. The third-order valence-corrected chi connectivity index (χ3v) is 6.28. The number of amides is 1. The molecule has 0 aliphatic carbocycles. The highest BCUT2D eigenvalue weighted by Crippen LogP contribution is 2.28. The number of hydrazone groups is 1. The molecule has 1 amide bonds. The van der Waals surface area contributed by atoms with E-state index in [0.717, 1.165) is 22.6 Å². The number of aromatic hydroxyl groups is 1. The van der Waals surface area contributed by atoms with Gasteiger partial charge in [0, 0.05) is 5.56 Å². The smallest absolute Gasteiger partial charge is 0.342 e. The number of para-hydroxylation sites is 1. The van der Waals surface area contributed by atoms with Gasteiger partial charge in [0.2, 0.25) is 0 Å². The second-order valence-corrected chi connectivity index (χ2v) is 9.04. The van der Waals surface area contributed by atoms with Crippen LogP contribution in [0.15, 0.2) is 77.0 Å². The van der Waals surface area contributed by atoms with Gasteiger partial charge in [-0.05, 0) is 68.9 Å². The van der Waals surface area contributed by atoms with Crippen molar-refractivity contribution in [1.82, 2.24) is 15.6 Å². The first-order chi connectivity index (χ1) is 17.5. The van der Waals surface area contributed by atoms with Gasteiger partial charge in [-0.3, -0.25) is 4.79 Å². The molecule has 4 rings (SSSR count). The van der Waals surface area contributed by atoms with Crippen molar-refractivity contribution in [2.24, 2.45) is 5.10 Å². The summed E-state index contributed by atoms with van der Waals surface area (Å²) in [5, 5.41) is 22.5. The fraction of sp³-hybridized carbons (Fsp3) is 0.185. The predicted octanol–water partition coefficient (Wildman–Crippen LogP) is 4.32. The zero-order valence-corrected chi connectivity index (χ0v) is 21.2. The summed E-state index contributed by atoms with van der Waals surface area (Å²) in [5.41, 5.74) is 7.21. The fourth-order valence-electron chi connectivity index (χ4n) is 3.48. The number of hydrogen-bond donors (Lipinski definition) is 3. The molecule has 0 aliphatic heterocycles. The van der Waals surface area contributed by atoms with Crippen LogP contribution in [-0.4, -0.2) is 39.8 Å². The Bertz CT molecular complexity index is 1370. The van der Waals surface area contributed by atoms with Gasteiger partial charge in [-0.25, -0.2) is 5.43 Å². The minimum absolute atomic E-state index is 0.0222. The number of nitrogens with one attached hydrogen (secondary N) is 2. The summed E-state index contributed by atoms with van der Waals surface area (Å²) in [7, 11) is 0. The Morgan fingerprint density at radius 1 is 1.11 bits per heavy atom. The van der Waals surface area contributed by atoms with Crippen molar-refractivity contribution in [2.45, 2.75) is 25.9 Å². The van der Waals surface area contributed by atoms with Gasteiger partial charge in [0.25, 0.3) is 11.7 Å². The number of ether oxygens (including phenoxy) is 1. The Balaban J connectivity index is 1.49. The van der Waals surface area contributed by atoms with E-state index in [1.165, 1.54) is 23.5 Å². The minimum atomic E-state index is -0.299. The maximum absolute atomic E-state index is 12.5. The largest absolute Gasteiger partial charge is 0.504 e. The van der Waals surface area contributed by atoms with Gasteiger partial charge in [-0.1, -0.05) is 41.5 Å². The maximum atomic E-state index is 12.5. The molecule has 0 saturated carbocycles. The molecule has 1 heterocycles. The predicted molar refractivity (Wildman–Crippen MR) is 141 cm³/mol. The van der Waals surface area contributed by atoms with E-state index in [9.17, 15) is 9.90 Å². The number of carbonyl (C=O) groups excluding carboxylic acids is 1. The first kappa shape index (κ1) is 25.0. The van der Waals surface area contributed by atoms with E-state index >= 15 is 0 Å². The number of thioether (sulfide) groups is 1. The van der Waals surface area contributed by atoms with Crippen LogP contribution in [0.2, 0.25) is 0 Å². The van der Waals surface area contributed by atoms with Crippen molar-refractivity contribution in [3.05, 3.63) is 83.4 Å². The summed E-state index contributed by atoms with van der Waals surface area (Å²) < 4.78 is 7.37. The quantitative estimate of drug-likeness (QED) is 0.137. The lowest BCUT2D eigenvalue weighted by atomic mass is 10.1. The number of rotatable bonds is 9. The summed E-state index contributed by atoms with van der Waals surface area (Å²) in [6, 6.07) is 21.4. The Labute approximate surface area is 214 Å². The van der Waals surface area contributed by atoms with Gasteiger partial charge in [0.15, 0.2) is 11.5 Å². The SMILES string of the molecule is CCOc1cccc(/C=N/NC(=O)CSc2n[nH]c(-c3ccc(C)cc3)[n+]2-c2ccc(C)cc2)c1O. The number of phenols is 1. The van der Waals surface area contributed by atoms with Crippen LogP contribution in [0, 0.1) is 13.8 Å². The number of aromatic nitrogens is 3. The second kappa shape index (κ2) is 11.5. The van der Waals surface area contributed by atoms with Crippen molar-refractivity contribution in [2.75, 3.05) is 12.4 Å². The highest BCUT2D eigenvalue weighted by molar-refractivity contribution is 7.99. The van der Waals surface area contributed by atoms with Gasteiger partial charge in [-0.15, -0.1) is 5.10 Å². The number of carbonyl (C=O) groups is 1. The number of nitrogens with zero attached hydrogens (tertiary/aromatic N) is 3. The Morgan fingerprint density at radius 3 is 2.50 bits per heavy atom. The monoisotopic (exact) mass is 502 g/mol. The van der Waals surface area contributed by atoms with Crippen LogP contribution in [0.1, 0.15) is 23.6 Å². The van der Waals surface area contributed by atoms with Gasteiger partial charge >= 0.3 is 5.16 Å². The molecule has 9 heteroatoms. The Hall–Kier alpha value is -4.11. The molecular weight excluding hydrogens is 474 g/mol. The zero-order chi connectivity index (χ0) is 25.5. The molecule has 0 saturated heterocycles. The van der Waals surface area contributed by atoms with Crippen molar-refractivity contribution in [3.8, 4) is 28.6 Å². The summed E-state index contributed by atoms with van der Waals surface area (Å²) in [5.74, 6) is 0.973. The van der Waals surface area contributed by atoms with Gasteiger partial charge in [-0.2, -0.15) is 9.67 Å². The van der Waals surface area contributed by atoms with Gasteiger partial charge in [0.1, 0.15) is 5.69 Å². The van der Waals surface area contributed by atoms with E-state index in [1.807, 2.05) is 61.7 Å². The number of hydrogen-bond acceptors (Lipinski definition) is 6. The van der Waals surface area contributed by atoms with E-state index in [4.69, 9.17) is 4.74 Å². The van der Waals surface area contributed by atoms with Crippen molar-refractivity contribution in [3.63, 3.8) is 0 Å². The number of benzene rings is 3. The third-order valence-electron chi connectivity index (χ3n) is 5.34. The lowest BCUT2D eigenvalue weighted by Gasteiger charge is -2.07. The highest BCUT2D eigenvalue weighted by atomic mass is 32.2. The van der Waals surface area contributed by atoms with Gasteiger partial charge < -0.3 is 9.84 Å². The lowest BCUT2D eigenvalue weighted by molar-refractivity contribution is -0.625. The third kappa shape index (κ3) is 5.92. The topological polar surface area (TPSA) is 103 Å². The second-order valence-electron chi connectivity index (χ2n) is 8.10. The van der Waals surface area contributed by atoms with E-state index in [2.05, 4.69) is 32.9 Å². The van der Waals surface area contributed by atoms with E-state index in [0.29, 0.717) is 23.1 Å². The molecule has 36 heavy (non-hydrogen) atoms. The molecule has 184 valence electrons. The molecule has 3 aromatic carbocycles. The highest BCUT2D eigenvalue weighted by Gasteiger charge is 2.24. The molecule has 0 aliphatic rings. The zero-order valence-electron chi connectivity index (χ0n) is 20.4. The molecule has 0 radical (unpaired) electrons. The summed E-state index contributed by atoms with van der Waals surface area (Å²) in [4.78, 5) is 12.5.